The number of halogens is 2. The van der Waals surface area contributed by atoms with E-state index in [9.17, 15) is 12.8 Å². The number of benzene rings is 1. The Balaban J connectivity index is 2.32. The molecule has 0 aliphatic heterocycles. The summed E-state index contributed by atoms with van der Waals surface area (Å²) in [5.41, 5.74) is -0.130. The lowest BCUT2D eigenvalue weighted by atomic mass is 10.2. The lowest BCUT2D eigenvalue weighted by Gasteiger charge is -2.10. The molecule has 0 amide bonds. The minimum atomic E-state index is -3.92. The molecule has 1 aromatic rings. The number of hydrogen-bond donors (Lipinski definition) is 2. The molecule has 0 unspecified atom stereocenters. The average molecular weight is 294 g/mol. The topological polar surface area (TPSA) is 66.4 Å². The van der Waals surface area contributed by atoms with E-state index in [2.05, 4.69) is 4.72 Å². The van der Waals surface area contributed by atoms with Crippen LogP contribution in [0.4, 0.5) is 4.39 Å². The maximum absolute atomic E-state index is 13.9. The van der Waals surface area contributed by atoms with Gasteiger partial charge in [0.05, 0.1) is 6.61 Å². The van der Waals surface area contributed by atoms with E-state index in [1.807, 2.05) is 0 Å². The smallest absolute Gasteiger partial charge is 0.243 e. The van der Waals surface area contributed by atoms with Crippen LogP contribution in [0.25, 0.3) is 0 Å². The van der Waals surface area contributed by atoms with E-state index in [1.54, 1.807) is 0 Å². The van der Waals surface area contributed by atoms with Gasteiger partial charge in [0.25, 0.3) is 0 Å². The molecule has 18 heavy (non-hydrogen) atoms. The quantitative estimate of drug-likeness (QED) is 0.868. The van der Waals surface area contributed by atoms with Crippen molar-refractivity contribution in [1.82, 2.24) is 4.72 Å². The van der Waals surface area contributed by atoms with Crippen molar-refractivity contribution in [3.63, 3.8) is 0 Å². The average Bonchev–Trinajstić information content (AvgIpc) is 3.13. The van der Waals surface area contributed by atoms with Crippen LogP contribution in [0.5, 0.6) is 0 Å². The molecular formula is C11H13ClFNO3S. The normalized spacial score (nSPS) is 15.9. The Labute approximate surface area is 110 Å². The summed E-state index contributed by atoms with van der Waals surface area (Å²) in [4.78, 5) is -0.514. The first kappa shape index (κ1) is 13.7. The predicted molar refractivity (Wildman–Crippen MR) is 65.2 cm³/mol. The molecule has 0 heterocycles. The number of sulfonamides is 1. The molecule has 1 saturated carbocycles. The van der Waals surface area contributed by atoms with Crippen LogP contribution in [0.1, 0.15) is 18.4 Å². The summed E-state index contributed by atoms with van der Waals surface area (Å²) in [5.74, 6) is -0.607. The SMILES string of the molecule is O=S(=O)(NCC1CC1)c1cc(Cl)cc(CO)c1F. The summed E-state index contributed by atoms with van der Waals surface area (Å²) in [5, 5.41) is 9.02. The number of aliphatic hydroxyl groups is 1. The van der Waals surface area contributed by atoms with Gasteiger partial charge in [-0.25, -0.2) is 17.5 Å². The molecule has 4 nitrogen and oxygen atoms in total. The molecule has 1 aliphatic rings. The second-order valence-electron chi connectivity index (χ2n) is 4.33. The monoisotopic (exact) mass is 293 g/mol. The van der Waals surface area contributed by atoms with Crippen molar-refractivity contribution in [3.05, 3.63) is 28.5 Å². The Hall–Kier alpha value is -0.690. The second kappa shape index (κ2) is 5.13. The summed E-state index contributed by atoms with van der Waals surface area (Å²) in [7, 11) is -3.92. The fraction of sp³-hybridized carbons (Fsp3) is 0.455. The first-order valence-corrected chi connectivity index (χ1v) is 7.38. The van der Waals surface area contributed by atoms with Crippen LogP contribution in [-0.4, -0.2) is 20.1 Å². The molecule has 1 aromatic carbocycles. The molecule has 0 radical (unpaired) electrons. The van der Waals surface area contributed by atoms with Gasteiger partial charge in [-0.2, -0.15) is 0 Å². The molecular weight excluding hydrogens is 281 g/mol. The van der Waals surface area contributed by atoms with E-state index >= 15 is 0 Å². The molecule has 0 aromatic heterocycles. The highest BCUT2D eigenvalue weighted by atomic mass is 35.5. The van der Waals surface area contributed by atoms with Crippen LogP contribution in [0.2, 0.25) is 5.02 Å². The molecule has 0 atom stereocenters. The summed E-state index contributed by atoms with van der Waals surface area (Å²) in [6.07, 6.45) is 1.98. The molecule has 2 N–H and O–H groups in total. The van der Waals surface area contributed by atoms with Gasteiger partial charge in [-0.15, -0.1) is 0 Å². The maximum Gasteiger partial charge on any atom is 0.243 e. The van der Waals surface area contributed by atoms with Gasteiger partial charge in [0.2, 0.25) is 10.0 Å². The van der Waals surface area contributed by atoms with Crippen molar-refractivity contribution < 1.29 is 17.9 Å². The Kier molecular flexibility index (Phi) is 3.91. The summed E-state index contributed by atoms with van der Waals surface area (Å²) in [6.45, 7) is -0.291. The van der Waals surface area contributed by atoms with Crippen LogP contribution in [-0.2, 0) is 16.6 Å². The first-order valence-electron chi connectivity index (χ1n) is 5.52. The van der Waals surface area contributed by atoms with Crippen LogP contribution in [0.3, 0.4) is 0 Å². The Bertz CT molecular complexity index is 558. The third kappa shape index (κ3) is 3.00. The van der Waals surface area contributed by atoms with Crippen LogP contribution in [0.15, 0.2) is 17.0 Å². The van der Waals surface area contributed by atoms with Gasteiger partial charge in [0.1, 0.15) is 10.7 Å². The van der Waals surface area contributed by atoms with Crippen molar-refractivity contribution in [3.8, 4) is 0 Å². The molecule has 2 rings (SSSR count). The van der Waals surface area contributed by atoms with Crippen LogP contribution < -0.4 is 4.72 Å². The van der Waals surface area contributed by atoms with Crippen LogP contribution in [0, 0.1) is 11.7 Å². The number of hydrogen-bond acceptors (Lipinski definition) is 3. The summed E-state index contributed by atoms with van der Waals surface area (Å²) >= 11 is 5.71. The highest BCUT2D eigenvalue weighted by molar-refractivity contribution is 7.89. The molecule has 100 valence electrons. The second-order valence-corrected chi connectivity index (χ2v) is 6.50. The number of rotatable bonds is 5. The van der Waals surface area contributed by atoms with Gasteiger partial charge in [0, 0.05) is 17.1 Å². The fourth-order valence-corrected chi connectivity index (χ4v) is 3.12. The zero-order valence-corrected chi connectivity index (χ0v) is 11.1. The molecule has 7 heteroatoms. The van der Waals surface area contributed by atoms with Crippen molar-refractivity contribution in [2.75, 3.05) is 6.54 Å². The minimum Gasteiger partial charge on any atom is -0.392 e. The van der Waals surface area contributed by atoms with E-state index in [0.717, 1.165) is 18.9 Å². The summed E-state index contributed by atoms with van der Waals surface area (Å²) in [6, 6.07) is 2.25. The number of nitrogens with one attached hydrogen (secondary N) is 1. The largest absolute Gasteiger partial charge is 0.392 e. The Morgan fingerprint density at radius 2 is 2.11 bits per heavy atom. The Morgan fingerprint density at radius 3 is 2.67 bits per heavy atom. The Morgan fingerprint density at radius 1 is 1.44 bits per heavy atom. The first-order chi connectivity index (χ1) is 8.44. The fourth-order valence-electron chi connectivity index (χ4n) is 1.56. The van der Waals surface area contributed by atoms with E-state index in [0.29, 0.717) is 12.5 Å². The van der Waals surface area contributed by atoms with Gasteiger partial charge in [-0.3, -0.25) is 0 Å². The van der Waals surface area contributed by atoms with E-state index in [4.69, 9.17) is 16.7 Å². The number of aliphatic hydroxyl groups excluding tert-OH is 1. The lowest BCUT2D eigenvalue weighted by Crippen LogP contribution is -2.27. The van der Waals surface area contributed by atoms with Gasteiger partial charge in [0.15, 0.2) is 0 Å². The maximum atomic E-state index is 13.9. The summed E-state index contributed by atoms with van der Waals surface area (Å²) < 4.78 is 40.0. The van der Waals surface area contributed by atoms with Gasteiger partial charge in [-0.1, -0.05) is 11.6 Å². The molecule has 0 spiro atoms. The van der Waals surface area contributed by atoms with Crippen molar-refractivity contribution >= 4 is 21.6 Å². The highest BCUT2D eigenvalue weighted by Crippen LogP contribution is 2.29. The van der Waals surface area contributed by atoms with E-state index in [-0.39, 0.29) is 10.6 Å². The molecule has 0 saturated heterocycles. The molecule has 1 fully saturated rings. The van der Waals surface area contributed by atoms with E-state index < -0.39 is 27.3 Å². The van der Waals surface area contributed by atoms with Gasteiger partial charge < -0.3 is 5.11 Å². The van der Waals surface area contributed by atoms with Gasteiger partial charge >= 0.3 is 0 Å². The van der Waals surface area contributed by atoms with E-state index in [1.165, 1.54) is 6.07 Å². The lowest BCUT2D eigenvalue weighted by molar-refractivity contribution is 0.274. The highest BCUT2D eigenvalue weighted by Gasteiger charge is 2.27. The standard InChI is InChI=1S/C11H13ClFNO3S/c12-9-3-8(6-15)11(13)10(4-9)18(16,17)14-5-7-1-2-7/h3-4,7,14-15H,1-2,5-6H2. The van der Waals surface area contributed by atoms with Crippen LogP contribution >= 0.6 is 11.6 Å². The molecule has 0 bridgehead atoms. The minimum absolute atomic E-state index is 0.0762. The van der Waals surface area contributed by atoms with Gasteiger partial charge in [-0.05, 0) is 30.9 Å². The predicted octanol–water partition coefficient (Wildman–Crippen LogP) is 1.66. The zero-order valence-electron chi connectivity index (χ0n) is 9.49. The zero-order chi connectivity index (χ0) is 13.3. The van der Waals surface area contributed by atoms with Crippen molar-refractivity contribution in [1.29, 1.82) is 0 Å². The third-order valence-corrected chi connectivity index (χ3v) is 4.44. The van der Waals surface area contributed by atoms with Crippen molar-refractivity contribution in [2.45, 2.75) is 24.3 Å². The molecule has 1 aliphatic carbocycles. The van der Waals surface area contributed by atoms with Crippen molar-refractivity contribution in [2.24, 2.45) is 5.92 Å². The third-order valence-electron chi connectivity index (χ3n) is 2.80.